The van der Waals surface area contributed by atoms with Crippen molar-refractivity contribution in [3.8, 4) is 0 Å². The SMILES string of the molecule is CNC(C)c1cccc(F)c1N(C)C1CCS(=O)(=O)C1. The molecule has 1 saturated heterocycles. The van der Waals surface area contributed by atoms with Crippen molar-refractivity contribution in [1.29, 1.82) is 0 Å². The van der Waals surface area contributed by atoms with Gasteiger partial charge in [0.25, 0.3) is 0 Å². The summed E-state index contributed by atoms with van der Waals surface area (Å²) in [4.78, 5) is 1.78. The maximum atomic E-state index is 14.2. The third-order valence-electron chi connectivity index (χ3n) is 4.03. The molecule has 20 heavy (non-hydrogen) atoms. The van der Waals surface area contributed by atoms with Crippen molar-refractivity contribution < 1.29 is 12.8 Å². The second kappa shape index (κ2) is 5.69. The smallest absolute Gasteiger partial charge is 0.152 e. The summed E-state index contributed by atoms with van der Waals surface area (Å²) < 4.78 is 37.4. The molecule has 0 bridgehead atoms. The lowest BCUT2D eigenvalue weighted by Crippen LogP contribution is -2.34. The maximum Gasteiger partial charge on any atom is 0.152 e. The van der Waals surface area contributed by atoms with E-state index in [0.29, 0.717) is 12.1 Å². The van der Waals surface area contributed by atoms with Gasteiger partial charge in [0, 0.05) is 19.1 Å². The third kappa shape index (κ3) is 2.96. The molecule has 1 aliphatic heterocycles. The average molecular weight is 300 g/mol. The first-order valence-electron chi connectivity index (χ1n) is 6.74. The number of para-hydroxylation sites is 1. The standard InChI is InChI=1S/C14H21FN2O2S/c1-10(16-2)12-5-4-6-13(15)14(12)17(3)11-7-8-20(18,19)9-11/h4-6,10-11,16H,7-9H2,1-3H3. The molecule has 2 rings (SSSR count). The summed E-state index contributed by atoms with van der Waals surface area (Å²) >= 11 is 0. The summed E-state index contributed by atoms with van der Waals surface area (Å²) in [6.45, 7) is 1.96. The predicted octanol–water partition coefficient (Wildman–Crippen LogP) is 1.73. The van der Waals surface area contributed by atoms with Gasteiger partial charge in [-0.15, -0.1) is 0 Å². The van der Waals surface area contributed by atoms with E-state index in [1.807, 2.05) is 20.0 Å². The highest BCUT2D eigenvalue weighted by Gasteiger charge is 2.32. The van der Waals surface area contributed by atoms with Crippen LogP contribution in [0, 0.1) is 5.82 Å². The van der Waals surface area contributed by atoms with Crippen LogP contribution in [0.2, 0.25) is 0 Å². The topological polar surface area (TPSA) is 49.4 Å². The van der Waals surface area contributed by atoms with E-state index >= 15 is 0 Å². The summed E-state index contributed by atoms with van der Waals surface area (Å²) in [5.74, 6) is -0.0186. The fourth-order valence-electron chi connectivity index (χ4n) is 2.67. The second-order valence-electron chi connectivity index (χ2n) is 5.36. The van der Waals surface area contributed by atoms with Crippen molar-refractivity contribution in [2.24, 2.45) is 0 Å². The first kappa shape index (κ1) is 15.3. The molecule has 0 spiro atoms. The van der Waals surface area contributed by atoms with Crippen molar-refractivity contribution in [2.45, 2.75) is 25.4 Å². The highest BCUT2D eigenvalue weighted by molar-refractivity contribution is 7.91. The van der Waals surface area contributed by atoms with E-state index in [1.165, 1.54) is 6.07 Å². The van der Waals surface area contributed by atoms with E-state index in [-0.39, 0.29) is 29.4 Å². The van der Waals surface area contributed by atoms with Gasteiger partial charge in [0.05, 0.1) is 17.2 Å². The molecular formula is C14H21FN2O2S. The number of benzene rings is 1. The average Bonchev–Trinajstić information content (AvgIpc) is 2.77. The van der Waals surface area contributed by atoms with Crippen LogP contribution in [0.25, 0.3) is 0 Å². The Labute approximate surface area is 119 Å². The zero-order valence-corrected chi connectivity index (χ0v) is 12.9. The number of hydrogen-bond donors (Lipinski definition) is 1. The van der Waals surface area contributed by atoms with Gasteiger partial charge in [-0.25, -0.2) is 12.8 Å². The number of hydrogen-bond acceptors (Lipinski definition) is 4. The maximum absolute atomic E-state index is 14.2. The van der Waals surface area contributed by atoms with Crippen LogP contribution < -0.4 is 10.2 Å². The van der Waals surface area contributed by atoms with Crippen LogP contribution in [-0.2, 0) is 9.84 Å². The van der Waals surface area contributed by atoms with Gasteiger partial charge >= 0.3 is 0 Å². The highest BCUT2D eigenvalue weighted by Crippen LogP contribution is 2.32. The normalized spacial score (nSPS) is 22.7. The molecule has 1 aromatic rings. The number of rotatable bonds is 4. The predicted molar refractivity (Wildman–Crippen MR) is 79.3 cm³/mol. The summed E-state index contributed by atoms with van der Waals surface area (Å²) in [7, 11) is 0.613. The molecule has 0 radical (unpaired) electrons. The van der Waals surface area contributed by atoms with Crippen LogP contribution in [0.1, 0.15) is 24.9 Å². The molecule has 0 aromatic heterocycles. The van der Waals surface area contributed by atoms with Crippen LogP contribution in [-0.4, -0.2) is 40.1 Å². The molecule has 2 unspecified atom stereocenters. The molecule has 1 fully saturated rings. The molecule has 0 aliphatic carbocycles. The molecule has 112 valence electrons. The van der Waals surface area contributed by atoms with Gasteiger partial charge in [-0.2, -0.15) is 0 Å². The zero-order valence-electron chi connectivity index (χ0n) is 12.1. The first-order valence-corrected chi connectivity index (χ1v) is 8.57. The Hall–Kier alpha value is -1.14. The molecule has 0 amide bonds. The van der Waals surface area contributed by atoms with Gasteiger partial charge in [-0.1, -0.05) is 12.1 Å². The molecule has 0 saturated carbocycles. The highest BCUT2D eigenvalue weighted by atomic mass is 32.2. The Balaban J connectivity index is 2.37. The fourth-order valence-corrected chi connectivity index (χ4v) is 4.45. The van der Waals surface area contributed by atoms with E-state index in [2.05, 4.69) is 5.32 Å². The molecule has 1 aliphatic rings. The quantitative estimate of drug-likeness (QED) is 0.920. The molecule has 4 nitrogen and oxygen atoms in total. The van der Waals surface area contributed by atoms with E-state index in [4.69, 9.17) is 0 Å². The lowest BCUT2D eigenvalue weighted by Gasteiger charge is -2.30. The Kier molecular flexibility index (Phi) is 4.34. The second-order valence-corrected chi connectivity index (χ2v) is 7.58. The molecule has 2 atom stereocenters. The first-order chi connectivity index (χ1) is 9.35. The van der Waals surface area contributed by atoms with Crippen molar-refractivity contribution in [3.63, 3.8) is 0 Å². The van der Waals surface area contributed by atoms with E-state index in [9.17, 15) is 12.8 Å². The minimum atomic E-state index is -2.98. The number of nitrogens with zero attached hydrogens (tertiary/aromatic N) is 1. The summed E-state index contributed by atoms with van der Waals surface area (Å²) in [6, 6.07) is 4.82. The molecular weight excluding hydrogens is 279 g/mol. The van der Waals surface area contributed by atoms with Crippen LogP contribution in [0.15, 0.2) is 18.2 Å². The van der Waals surface area contributed by atoms with Crippen molar-refractivity contribution in [2.75, 3.05) is 30.5 Å². The van der Waals surface area contributed by atoms with Gasteiger partial charge in [0.15, 0.2) is 9.84 Å². The number of halogens is 1. The monoisotopic (exact) mass is 300 g/mol. The van der Waals surface area contributed by atoms with E-state index in [1.54, 1.807) is 18.0 Å². The zero-order chi connectivity index (χ0) is 14.9. The van der Waals surface area contributed by atoms with E-state index in [0.717, 1.165) is 5.56 Å². The lowest BCUT2D eigenvalue weighted by atomic mass is 10.0. The summed E-state index contributed by atoms with van der Waals surface area (Å²) in [5.41, 5.74) is 1.34. The van der Waals surface area contributed by atoms with Crippen molar-refractivity contribution in [3.05, 3.63) is 29.6 Å². The Bertz CT molecular complexity index is 589. The van der Waals surface area contributed by atoms with E-state index < -0.39 is 9.84 Å². The lowest BCUT2D eigenvalue weighted by molar-refractivity contribution is 0.585. The van der Waals surface area contributed by atoms with Crippen molar-refractivity contribution >= 4 is 15.5 Å². The minimum absolute atomic E-state index is 0.00107. The van der Waals surface area contributed by atoms with Crippen molar-refractivity contribution in [1.82, 2.24) is 5.32 Å². The van der Waals surface area contributed by atoms with Crippen LogP contribution in [0.4, 0.5) is 10.1 Å². The molecule has 1 heterocycles. The number of nitrogens with one attached hydrogen (secondary N) is 1. The van der Waals surface area contributed by atoms with Crippen LogP contribution in [0.3, 0.4) is 0 Å². The number of sulfone groups is 1. The molecule has 6 heteroatoms. The number of anilines is 1. The Morgan fingerprint density at radius 3 is 2.70 bits per heavy atom. The Morgan fingerprint density at radius 2 is 2.15 bits per heavy atom. The van der Waals surface area contributed by atoms with Gasteiger partial charge in [-0.05, 0) is 32.0 Å². The van der Waals surface area contributed by atoms with Crippen LogP contribution in [0.5, 0.6) is 0 Å². The van der Waals surface area contributed by atoms with Gasteiger partial charge in [0.1, 0.15) is 5.82 Å². The third-order valence-corrected chi connectivity index (χ3v) is 5.78. The Morgan fingerprint density at radius 1 is 1.45 bits per heavy atom. The van der Waals surface area contributed by atoms with Crippen LogP contribution >= 0.6 is 0 Å². The molecule has 1 N–H and O–H groups in total. The fraction of sp³-hybridized carbons (Fsp3) is 0.571. The largest absolute Gasteiger partial charge is 0.368 e. The summed E-state index contributed by atoms with van der Waals surface area (Å²) in [6.07, 6.45) is 0.556. The summed E-state index contributed by atoms with van der Waals surface area (Å²) in [5, 5.41) is 3.10. The van der Waals surface area contributed by atoms with Gasteiger partial charge < -0.3 is 10.2 Å². The van der Waals surface area contributed by atoms with Gasteiger partial charge in [-0.3, -0.25) is 0 Å². The van der Waals surface area contributed by atoms with Gasteiger partial charge in [0.2, 0.25) is 0 Å². The molecule has 1 aromatic carbocycles. The minimum Gasteiger partial charge on any atom is -0.368 e.